The molecule has 0 heterocycles. The molecule has 0 bridgehead atoms. The van der Waals surface area contributed by atoms with Gasteiger partial charge in [-0.05, 0) is 30.1 Å². The van der Waals surface area contributed by atoms with Gasteiger partial charge in [-0.3, -0.25) is 9.59 Å². The van der Waals surface area contributed by atoms with Gasteiger partial charge < -0.3 is 10.4 Å². The van der Waals surface area contributed by atoms with Gasteiger partial charge in [-0.1, -0.05) is 33.6 Å². The van der Waals surface area contributed by atoms with Crippen LogP contribution in [0, 0.1) is 29.1 Å². The molecule has 4 unspecified atom stereocenters. The number of carbonyl (C=O) groups excluding carboxylic acids is 1. The van der Waals surface area contributed by atoms with Crippen LogP contribution in [0.5, 0.6) is 0 Å². The lowest BCUT2D eigenvalue weighted by Crippen LogP contribution is -2.33. The van der Waals surface area contributed by atoms with Crippen molar-refractivity contribution in [3.63, 3.8) is 0 Å². The minimum Gasteiger partial charge on any atom is -0.481 e. The fourth-order valence-corrected chi connectivity index (χ4v) is 3.69. The Morgan fingerprint density at radius 1 is 1.26 bits per heavy atom. The lowest BCUT2D eigenvalue weighted by atomic mass is 9.82. The summed E-state index contributed by atoms with van der Waals surface area (Å²) in [4.78, 5) is 23.1. The zero-order chi connectivity index (χ0) is 14.2. The Kier molecular flexibility index (Phi) is 3.88. The van der Waals surface area contributed by atoms with E-state index in [9.17, 15) is 9.59 Å². The molecule has 0 spiro atoms. The number of carboxylic acids is 1. The molecule has 4 nitrogen and oxygen atoms in total. The number of hydrogen-bond acceptors (Lipinski definition) is 2. The highest BCUT2D eigenvalue weighted by Crippen LogP contribution is 2.58. The van der Waals surface area contributed by atoms with Gasteiger partial charge in [0.25, 0.3) is 0 Å². The van der Waals surface area contributed by atoms with Gasteiger partial charge in [0.1, 0.15) is 0 Å². The minimum atomic E-state index is -0.851. The topological polar surface area (TPSA) is 66.4 Å². The lowest BCUT2D eigenvalue weighted by Gasteiger charge is -2.26. The van der Waals surface area contributed by atoms with Crippen LogP contribution in [0.3, 0.4) is 0 Å². The Hall–Kier alpha value is -1.06. The monoisotopic (exact) mass is 267 g/mol. The van der Waals surface area contributed by atoms with Crippen LogP contribution in [0.15, 0.2) is 0 Å². The van der Waals surface area contributed by atoms with Crippen LogP contribution in [0.1, 0.15) is 46.5 Å². The van der Waals surface area contributed by atoms with Crippen LogP contribution in [-0.4, -0.2) is 23.5 Å². The van der Waals surface area contributed by atoms with Gasteiger partial charge in [0.2, 0.25) is 5.91 Å². The molecule has 2 saturated carbocycles. The standard InChI is InChI=1S/C15H25NO3/c1-9-5-4-6-10(7-9)8-16-13(17)11-12(14(18)19)15(11,2)3/h9-12H,4-8H2,1-3H3,(H,16,17)(H,18,19). The van der Waals surface area contributed by atoms with Crippen molar-refractivity contribution in [1.29, 1.82) is 0 Å². The smallest absolute Gasteiger partial charge is 0.307 e. The van der Waals surface area contributed by atoms with Crippen molar-refractivity contribution in [3.8, 4) is 0 Å². The van der Waals surface area contributed by atoms with Crippen LogP contribution in [-0.2, 0) is 9.59 Å². The highest BCUT2D eigenvalue weighted by Gasteiger charge is 2.65. The quantitative estimate of drug-likeness (QED) is 0.821. The summed E-state index contributed by atoms with van der Waals surface area (Å²) >= 11 is 0. The average molecular weight is 267 g/mol. The number of carboxylic acid groups (broad SMARTS) is 1. The summed E-state index contributed by atoms with van der Waals surface area (Å²) in [6.07, 6.45) is 4.90. The zero-order valence-electron chi connectivity index (χ0n) is 12.1. The van der Waals surface area contributed by atoms with E-state index in [0.29, 0.717) is 12.5 Å². The van der Waals surface area contributed by atoms with Crippen LogP contribution >= 0.6 is 0 Å². The number of amides is 1. The molecule has 0 radical (unpaired) electrons. The van der Waals surface area contributed by atoms with Crippen molar-refractivity contribution < 1.29 is 14.7 Å². The highest BCUT2D eigenvalue weighted by molar-refractivity contribution is 5.91. The number of nitrogens with one attached hydrogen (secondary N) is 1. The number of aliphatic carboxylic acids is 1. The molecule has 0 saturated heterocycles. The fourth-order valence-electron chi connectivity index (χ4n) is 3.69. The average Bonchev–Trinajstić information content (AvgIpc) is 2.90. The highest BCUT2D eigenvalue weighted by atomic mass is 16.4. The largest absolute Gasteiger partial charge is 0.481 e. The van der Waals surface area contributed by atoms with Gasteiger partial charge in [-0.2, -0.15) is 0 Å². The molecule has 0 aromatic carbocycles. The van der Waals surface area contributed by atoms with E-state index >= 15 is 0 Å². The molecule has 19 heavy (non-hydrogen) atoms. The van der Waals surface area contributed by atoms with Gasteiger partial charge in [-0.15, -0.1) is 0 Å². The van der Waals surface area contributed by atoms with E-state index < -0.39 is 17.3 Å². The fraction of sp³-hybridized carbons (Fsp3) is 0.867. The maximum absolute atomic E-state index is 12.1. The molecule has 0 aliphatic heterocycles. The Morgan fingerprint density at radius 2 is 1.95 bits per heavy atom. The molecule has 2 fully saturated rings. The first kappa shape index (κ1) is 14.4. The molecule has 108 valence electrons. The molecule has 0 aromatic heterocycles. The normalized spacial score (nSPS) is 36.6. The molecular weight excluding hydrogens is 242 g/mol. The second-order valence-corrected chi connectivity index (χ2v) is 7.00. The van der Waals surface area contributed by atoms with E-state index in [1.807, 2.05) is 13.8 Å². The van der Waals surface area contributed by atoms with E-state index in [0.717, 1.165) is 5.92 Å². The van der Waals surface area contributed by atoms with Gasteiger partial charge in [0.15, 0.2) is 0 Å². The number of rotatable bonds is 4. The van der Waals surface area contributed by atoms with Crippen molar-refractivity contribution >= 4 is 11.9 Å². The van der Waals surface area contributed by atoms with Gasteiger partial charge in [-0.25, -0.2) is 0 Å². The van der Waals surface area contributed by atoms with Gasteiger partial charge in [0.05, 0.1) is 11.8 Å². The summed E-state index contributed by atoms with van der Waals surface area (Å²) < 4.78 is 0. The maximum Gasteiger partial charge on any atom is 0.307 e. The van der Waals surface area contributed by atoms with Crippen molar-refractivity contribution in [3.05, 3.63) is 0 Å². The summed E-state index contributed by atoms with van der Waals surface area (Å²) in [5.74, 6) is -0.478. The second kappa shape index (κ2) is 5.14. The summed E-state index contributed by atoms with van der Waals surface area (Å²) in [7, 11) is 0. The summed E-state index contributed by atoms with van der Waals surface area (Å²) in [5.41, 5.74) is -0.393. The predicted octanol–water partition coefficient (Wildman–Crippen LogP) is 2.29. The third kappa shape index (κ3) is 2.93. The predicted molar refractivity (Wildman–Crippen MR) is 72.5 cm³/mol. The van der Waals surface area contributed by atoms with Crippen molar-refractivity contribution in [1.82, 2.24) is 5.32 Å². The summed E-state index contributed by atoms with van der Waals surface area (Å²) in [5, 5.41) is 12.1. The molecule has 2 rings (SSSR count). The van der Waals surface area contributed by atoms with Crippen molar-refractivity contribution in [2.75, 3.05) is 6.54 Å². The van der Waals surface area contributed by atoms with Crippen LogP contribution in [0.2, 0.25) is 0 Å². The minimum absolute atomic E-state index is 0.0735. The molecule has 2 aliphatic carbocycles. The first-order valence-corrected chi connectivity index (χ1v) is 7.34. The van der Waals surface area contributed by atoms with E-state index in [2.05, 4.69) is 12.2 Å². The lowest BCUT2D eigenvalue weighted by molar-refractivity contribution is -0.140. The van der Waals surface area contributed by atoms with E-state index in [-0.39, 0.29) is 11.8 Å². The van der Waals surface area contributed by atoms with Crippen LogP contribution in [0.25, 0.3) is 0 Å². The van der Waals surface area contributed by atoms with Crippen molar-refractivity contribution in [2.45, 2.75) is 46.5 Å². The van der Waals surface area contributed by atoms with Gasteiger partial charge in [0, 0.05) is 6.54 Å². The number of hydrogen-bond donors (Lipinski definition) is 2. The molecule has 4 heteroatoms. The maximum atomic E-state index is 12.1. The molecule has 2 N–H and O–H groups in total. The van der Waals surface area contributed by atoms with Crippen LogP contribution in [0.4, 0.5) is 0 Å². The first-order valence-electron chi connectivity index (χ1n) is 7.34. The summed E-state index contributed by atoms with van der Waals surface area (Å²) in [6.45, 7) is 6.69. The Morgan fingerprint density at radius 3 is 2.47 bits per heavy atom. The SMILES string of the molecule is CC1CCCC(CNC(=O)C2C(C(=O)O)C2(C)C)C1. The van der Waals surface area contributed by atoms with E-state index in [1.165, 1.54) is 25.7 Å². The molecule has 1 amide bonds. The Balaban J connectivity index is 1.81. The van der Waals surface area contributed by atoms with Crippen molar-refractivity contribution in [2.24, 2.45) is 29.1 Å². The molecule has 0 aromatic rings. The second-order valence-electron chi connectivity index (χ2n) is 7.00. The molecule has 4 atom stereocenters. The molecular formula is C15H25NO3. The zero-order valence-corrected chi connectivity index (χ0v) is 12.1. The number of carbonyl (C=O) groups is 2. The van der Waals surface area contributed by atoms with E-state index in [4.69, 9.17) is 5.11 Å². The Bertz CT molecular complexity index is 378. The van der Waals surface area contributed by atoms with Crippen LogP contribution < -0.4 is 5.32 Å². The summed E-state index contributed by atoms with van der Waals surface area (Å²) in [6, 6.07) is 0. The molecule has 2 aliphatic rings. The third-order valence-corrected chi connectivity index (χ3v) is 4.99. The third-order valence-electron chi connectivity index (χ3n) is 4.99. The van der Waals surface area contributed by atoms with Gasteiger partial charge >= 0.3 is 5.97 Å². The first-order chi connectivity index (χ1) is 8.84. The Labute approximate surface area is 115 Å². The van der Waals surface area contributed by atoms with E-state index in [1.54, 1.807) is 0 Å².